The Morgan fingerprint density at radius 2 is 1.81 bits per heavy atom. The molecule has 0 unspecified atom stereocenters. The molecule has 0 fully saturated rings. The number of hydrogen-bond acceptors (Lipinski definition) is 6. The third kappa shape index (κ3) is 4.97. The molecule has 0 saturated carbocycles. The van der Waals surface area contributed by atoms with E-state index in [2.05, 4.69) is 10.6 Å². The SMILES string of the molecule is CNC(=O)c1ccc(NCC(=O)N(Cc2cccs2)c2ccc3c(c2)OCCO3)cc1. The molecule has 0 aliphatic carbocycles. The standard InChI is InChI=1S/C23H23N3O4S/c1-24-23(28)16-4-6-17(7-5-16)25-14-22(27)26(15-19-3-2-12-31-19)18-8-9-20-21(13-18)30-11-10-29-20/h2-9,12-13,25H,10-11,14-15H2,1H3,(H,24,28). The van der Waals surface area contributed by atoms with Crippen LogP contribution in [0.2, 0.25) is 0 Å². The summed E-state index contributed by atoms with van der Waals surface area (Å²) < 4.78 is 11.3. The number of benzene rings is 2. The van der Waals surface area contributed by atoms with Crippen LogP contribution in [0.4, 0.5) is 11.4 Å². The summed E-state index contributed by atoms with van der Waals surface area (Å²) >= 11 is 1.60. The molecule has 2 heterocycles. The van der Waals surface area contributed by atoms with Gasteiger partial charge in [-0.05, 0) is 47.8 Å². The number of nitrogens with one attached hydrogen (secondary N) is 2. The molecule has 2 aromatic carbocycles. The highest BCUT2D eigenvalue weighted by Gasteiger charge is 2.20. The van der Waals surface area contributed by atoms with Gasteiger partial charge in [0.25, 0.3) is 5.91 Å². The van der Waals surface area contributed by atoms with Gasteiger partial charge in [0.1, 0.15) is 13.2 Å². The van der Waals surface area contributed by atoms with Crippen LogP contribution in [0.1, 0.15) is 15.2 Å². The van der Waals surface area contributed by atoms with E-state index in [1.165, 1.54) is 0 Å². The largest absolute Gasteiger partial charge is 0.486 e. The van der Waals surface area contributed by atoms with Gasteiger partial charge in [-0.25, -0.2) is 0 Å². The average Bonchev–Trinajstić information content (AvgIpc) is 3.34. The summed E-state index contributed by atoms with van der Waals surface area (Å²) in [6.07, 6.45) is 0. The summed E-state index contributed by atoms with van der Waals surface area (Å²) in [6.45, 7) is 1.59. The molecule has 0 radical (unpaired) electrons. The predicted molar refractivity (Wildman–Crippen MR) is 121 cm³/mol. The summed E-state index contributed by atoms with van der Waals surface area (Å²) in [5, 5.41) is 7.73. The number of rotatable bonds is 7. The molecule has 1 aliphatic rings. The Labute approximate surface area is 184 Å². The van der Waals surface area contributed by atoms with Crippen LogP contribution in [0, 0.1) is 0 Å². The van der Waals surface area contributed by atoms with Crippen LogP contribution in [0.25, 0.3) is 0 Å². The third-order valence-electron chi connectivity index (χ3n) is 4.85. The molecule has 0 atom stereocenters. The molecular formula is C23H23N3O4S. The Balaban J connectivity index is 1.50. The van der Waals surface area contributed by atoms with Crippen molar-refractivity contribution in [1.82, 2.24) is 5.32 Å². The lowest BCUT2D eigenvalue weighted by Crippen LogP contribution is -2.35. The number of carbonyl (C=O) groups excluding carboxylic acids is 2. The Morgan fingerprint density at radius 3 is 2.52 bits per heavy atom. The molecule has 31 heavy (non-hydrogen) atoms. The van der Waals surface area contributed by atoms with Crippen molar-refractivity contribution in [2.75, 3.05) is 37.0 Å². The number of thiophene rings is 1. The Morgan fingerprint density at radius 1 is 1.03 bits per heavy atom. The number of ether oxygens (including phenoxy) is 2. The zero-order valence-electron chi connectivity index (χ0n) is 17.1. The monoisotopic (exact) mass is 437 g/mol. The van der Waals surface area contributed by atoms with Crippen LogP contribution in [0.5, 0.6) is 11.5 Å². The van der Waals surface area contributed by atoms with E-state index in [1.54, 1.807) is 47.5 Å². The van der Waals surface area contributed by atoms with E-state index in [-0.39, 0.29) is 18.4 Å². The number of fused-ring (bicyclic) bond motifs is 1. The smallest absolute Gasteiger partial charge is 0.251 e. The van der Waals surface area contributed by atoms with Crippen molar-refractivity contribution >= 4 is 34.5 Å². The average molecular weight is 438 g/mol. The minimum absolute atomic E-state index is 0.0829. The second kappa shape index (κ2) is 9.53. The van der Waals surface area contributed by atoms with E-state index in [9.17, 15) is 9.59 Å². The quantitative estimate of drug-likeness (QED) is 0.591. The first kappa shape index (κ1) is 20.7. The maximum Gasteiger partial charge on any atom is 0.251 e. The van der Waals surface area contributed by atoms with Crippen LogP contribution in [0.3, 0.4) is 0 Å². The normalized spacial score (nSPS) is 12.2. The molecule has 0 bridgehead atoms. The number of amides is 2. The lowest BCUT2D eigenvalue weighted by Gasteiger charge is -2.25. The predicted octanol–water partition coefficient (Wildman–Crippen LogP) is 3.52. The van der Waals surface area contributed by atoms with Crippen molar-refractivity contribution in [3.8, 4) is 11.5 Å². The van der Waals surface area contributed by atoms with E-state index < -0.39 is 0 Å². The molecule has 8 heteroatoms. The van der Waals surface area contributed by atoms with E-state index >= 15 is 0 Å². The van der Waals surface area contributed by atoms with Crippen molar-refractivity contribution in [3.05, 3.63) is 70.4 Å². The van der Waals surface area contributed by atoms with E-state index in [1.807, 2.05) is 35.7 Å². The molecule has 1 aliphatic heterocycles. The van der Waals surface area contributed by atoms with Gasteiger partial charge in [-0.1, -0.05) is 6.07 Å². The van der Waals surface area contributed by atoms with Gasteiger partial charge in [0.05, 0.1) is 13.1 Å². The summed E-state index contributed by atoms with van der Waals surface area (Å²) in [6, 6.07) is 16.5. The number of hydrogen-bond donors (Lipinski definition) is 2. The highest BCUT2D eigenvalue weighted by atomic mass is 32.1. The number of nitrogens with zero attached hydrogens (tertiary/aromatic N) is 1. The third-order valence-corrected chi connectivity index (χ3v) is 5.71. The molecule has 160 valence electrons. The lowest BCUT2D eigenvalue weighted by molar-refractivity contribution is -0.117. The van der Waals surface area contributed by atoms with E-state index in [0.717, 1.165) is 16.3 Å². The van der Waals surface area contributed by atoms with Crippen LogP contribution < -0.4 is 25.0 Å². The van der Waals surface area contributed by atoms with Gasteiger partial charge in [-0.15, -0.1) is 11.3 Å². The fourth-order valence-corrected chi connectivity index (χ4v) is 3.93. The first-order valence-corrected chi connectivity index (χ1v) is 10.8. The van der Waals surface area contributed by atoms with Gasteiger partial charge >= 0.3 is 0 Å². The maximum atomic E-state index is 13.2. The van der Waals surface area contributed by atoms with Crippen LogP contribution in [0.15, 0.2) is 60.0 Å². The van der Waals surface area contributed by atoms with Crippen LogP contribution in [-0.2, 0) is 11.3 Å². The minimum atomic E-state index is -0.150. The summed E-state index contributed by atoms with van der Waals surface area (Å²) in [7, 11) is 1.59. The van der Waals surface area contributed by atoms with Crippen molar-refractivity contribution in [2.45, 2.75) is 6.54 Å². The molecule has 0 saturated heterocycles. The van der Waals surface area contributed by atoms with E-state index in [4.69, 9.17) is 9.47 Å². The topological polar surface area (TPSA) is 79.9 Å². The van der Waals surface area contributed by atoms with Gasteiger partial charge < -0.3 is 25.0 Å². The second-order valence-corrected chi connectivity index (χ2v) is 7.93. The molecule has 2 N–H and O–H groups in total. The molecule has 7 nitrogen and oxygen atoms in total. The van der Waals surface area contributed by atoms with E-state index in [0.29, 0.717) is 36.8 Å². The van der Waals surface area contributed by atoms with Crippen molar-refractivity contribution in [2.24, 2.45) is 0 Å². The zero-order chi connectivity index (χ0) is 21.6. The van der Waals surface area contributed by atoms with Gasteiger partial charge in [0.15, 0.2) is 11.5 Å². The Hall–Kier alpha value is -3.52. The molecule has 3 aromatic rings. The first-order chi connectivity index (χ1) is 15.1. The highest BCUT2D eigenvalue weighted by molar-refractivity contribution is 7.09. The van der Waals surface area contributed by atoms with Crippen molar-refractivity contribution < 1.29 is 19.1 Å². The van der Waals surface area contributed by atoms with Crippen LogP contribution >= 0.6 is 11.3 Å². The van der Waals surface area contributed by atoms with Gasteiger partial charge in [0.2, 0.25) is 5.91 Å². The maximum absolute atomic E-state index is 13.2. The minimum Gasteiger partial charge on any atom is -0.486 e. The molecule has 2 amide bonds. The molecule has 4 rings (SSSR count). The summed E-state index contributed by atoms with van der Waals surface area (Å²) in [5.41, 5.74) is 2.08. The number of anilines is 2. The Bertz CT molecular complexity index is 1050. The summed E-state index contributed by atoms with van der Waals surface area (Å²) in [5.74, 6) is 1.10. The first-order valence-electron chi connectivity index (χ1n) is 9.92. The second-order valence-electron chi connectivity index (χ2n) is 6.90. The molecular weight excluding hydrogens is 414 g/mol. The fourth-order valence-electron chi connectivity index (χ4n) is 3.24. The van der Waals surface area contributed by atoms with Gasteiger partial charge in [-0.3, -0.25) is 9.59 Å². The Kier molecular flexibility index (Phi) is 6.37. The van der Waals surface area contributed by atoms with Crippen molar-refractivity contribution in [3.63, 3.8) is 0 Å². The van der Waals surface area contributed by atoms with Crippen molar-refractivity contribution in [1.29, 1.82) is 0 Å². The molecule has 0 spiro atoms. The zero-order valence-corrected chi connectivity index (χ0v) is 17.9. The van der Waals surface area contributed by atoms with Gasteiger partial charge in [-0.2, -0.15) is 0 Å². The lowest BCUT2D eigenvalue weighted by atomic mass is 10.2. The summed E-state index contributed by atoms with van der Waals surface area (Å²) in [4.78, 5) is 27.7. The van der Waals surface area contributed by atoms with Gasteiger partial charge in [0, 0.05) is 34.9 Å². The van der Waals surface area contributed by atoms with Crippen LogP contribution in [-0.4, -0.2) is 38.6 Å². The fraction of sp³-hybridized carbons (Fsp3) is 0.217. The highest BCUT2D eigenvalue weighted by Crippen LogP contribution is 2.34. The number of carbonyl (C=O) groups is 2. The molecule has 1 aromatic heterocycles.